The van der Waals surface area contributed by atoms with Gasteiger partial charge in [-0.1, -0.05) is 30.3 Å². The van der Waals surface area contributed by atoms with Gasteiger partial charge in [-0.2, -0.15) is 0 Å². The molecule has 0 spiro atoms. The van der Waals surface area contributed by atoms with E-state index in [9.17, 15) is 4.79 Å². The van der Waals surface area contributed by atoms with Crippen molar-refractivity contribution < 1.29 is 4.79 Å². The second-order valence-corrected chi connectivity index (χ2v) is 6.90. The van der Waals surface area contributed by atoms with Gasteiger partial charge in [0.1, 0.15) is 0 Å². The minimum atomic E-state index is -0.541. The molecule has 0 bridgehead atoms. The maximum atomic E-state index is 12.4. The lowest BCUT2D eigenvalue weighted by Gasteiger charge is -2.38. The zero-order chi connectivity index (χ0) is 15.6. The van der Waals surface area contributed by atoms with Crippen LogP contribution in [0.2, 0.25) is 0 Å². The molecule has 0 aromatic heterocycles. The van der Waals surface area contributed by atoms with E-state index >= 15 is 0 Å². The van der Waals surface area contributed by atoms with Crippen LogP contribution in [0.4, 0.5) is 0 Å². The summed E-state index contributed by atoms with van der Waals surface area (Å²) < 4.78 is 0. The Morgan fingerprint density at radius 2 is 2.09 bits per heavy atom. The number of piperidine rings is 1. The summed E-state index contributed by atoms with van der Waals surface area (Å²) >= 11 is 0. The highest BCUT2D eigenvalue weighted by Gasteiger charge is 2.48. The maximum Gasteiger partial charge on any atom is 0.242 e. The largest absolute Gasteiger partial charge is 0.340 e. The maximum absolute atomic E-state index is 12.4. The van der Waals surface area contributed by atoms with Crippen LogP contribution in [0.15, 0.2) is 30.3 Å². The summed E-state index contributed by atoms with van der Waals surface area (Å²) in [6.07, 6.45) is 5.03. The van der Waals surface area contributed by atoms with Crippen LogP contribution in [-0.4, -0.2) is 54.0 Å². The van der Waals surface area contributed by atoms with Gasteiger partial charge in [-0.05, 0) is 44.2 Å². The molecule has 1 amide bonds. The highest BCUT2D eigenvalue weighted by atomic mass is 16.2. The zero-order valence-electron chi connectivity index (χ0n) is 13.5. The van der Waals surface area contributed by atoms with Crippen LogP contribution >= 0.6 is 0 Å². The van der Waals surface area contributed by atoms with E-state index in [0.717, 1.165) is 51.7 Å². The van der Waals surface area contributed by atoms with Crippen molar-refractivity contribution in [2.24, 2.45) is 5.73 Å². The SMILES string of the molecule is CN(C(=O)C1(N)CC1)C1CCCN(CCc2ccccc2)C1. The second kappa shape index (κ2) is 6.39. The molecule has 1 saturated heterocycles. The lowest BCUT2D eigenvalue weighted by molar-refractivity contribution is -0.135. The van der Waals surface area contributed by atoms with Gasteiger partial charge in [0, 0.05) is 26.2 Å². The van der Waals surface area contributed by atoms with Gasteiger partial charge < -0.3 is 15.5 Å². The first kappa shape index (κ1) is 15.5. The minimum Gasteiger partial charge on any atom is -0.340 e. The molecule has 1 saturated carbocycles. The predicted octanol–water partition coefficient (Wildman–Crippen LogP) is 1.64. The molecule has 3 rings (SSSR count). The molecular weight excluding hydrogens is 274 g/mol. The fourth-order valence-electron chi connectivity index (χ4n) is 3.35. The molecule has 1 unspecified atom stereocenters. The summed E-state index contributed by atoms with van der Waals surface area (Å²) in [5, 5.41) is 0. The summed E-state index contributed by atoms with van der Waals surface area (Å²) in [4.78, 5) is 16.8. The van der Waals surface area contributed by atoms with E-state index in [2.05, 4.69) is 35.2 Å². The van der Waals surface area contributed by atoms with Crippen molar-refractivity contribution in [3.05, 3.63) is 35.9 Å². The van der Waals surface area contributed by atoms with Gasteiger partial charge in [0.05, 0.1) is 5.54 Å². The first-order chi connectivity index (χ1) is 10.6. The topological polar surface area (TPSA) is 49.6 Å². The molecule has 1 atom stereocenters. The number of amides is 1. The molecule has 1 aromatic carbocycles. The van der Waals surface area contributed by atoms with Crippen molar-refractivity contribution in [2.45, 2.75) is 43.7 Å². The highest BCUT2D eigenvalue weighted by molar-refractivity contribution is 5.89. The van der Waals surface area contributed by atoms with E-state index in [1.54, 1.807) is 0 Å². The number of nitrogens with two attached hydrogens (primary N) is 1. The third kappa shape index (κ3) is 3.50. The van der Waals surface area contributed by atoms with Gasteiger partial charge in [-0.25, -0.2) is 0 Å². The third-order valence-electron chi connectivity index (χ3n) is 5.12. The van der Waals surface area contributed by atoms with Crippen molar-refractivity contribution >= 4 is 5.91 Å². The molecule has 22 heavy (non-hydrogen) atoms. The standard InChI is InChI=1S/C18H27N3O/c1-20(17(22)18(19)10-11-18)16-8-5-12-21(14-16)13-9-15-6-3-2-4-7-15/h2-4,6-7,16H,5,8-14,19H2,1H3. The van der Waals surface area contributed by atoms with E-state index in [1.807, 2.05) is 11.9 Å². The average molecular weight is 301 g/mol. The Kier molecular flexibility index (Phi) is 4.50. The number of carbonyl (C=O) groups excluding carboxylic acids is 1. The molecule has 1 heterocycles. The monoisotopic (exact) mass is 301 g/mol. The molecule has 2 fully saturated rings. The highest BCUT2D eigenvalue weighted by Crippen LogP contribution is 2.34. The fourth-order valence-corrected chi connectivity index (χ4v) is 3.35. The Balaban J connectivity index is 1.52. The number of carbonyl (C=O) groups is 1. The molecule has 0 radical (unpaired) electrons. The van der Waals surface area contributed by atoms with Gasteiger partial charge in [0.25, 0.3) is 0 Å². The number of hydrogen-bond acceptors (Lipinski definition) is 3. The van der Waals surface area contributed by atoms with Gasteiger partial charge >= 0.3 is 0 Å². The molecule has 2 aliphatic rings. The van der Waals surface area contributed by atoms with Gasteiger partial charge in [0.15, 0.2) is 0 Å². The summed E-state index contributed by atoms with van der Waals surface area (Å²) in [5.74, 6) is 0.141. The lowest BCUT2D eigenvalue weighted by atomic mass is 10.0. The van der Waals surface area contributed by atoms with E-state index in [-0.39, 0.29) is 5.91 Å². The molecule has 4 nitrogen and oxygen atoms in total. The van der Waals surface area contributed by atoms with Crippen molar-refractivity contribution in [2.75, 3.05) is 26.7 Å². The van der Waals surface area contributed by atoms with Crippen LogP contribution in [0.3, 0.4) is 0 Å². The van der Waals surface area contributed by atoms with Crippen LogP contribution in [0.5, 0.6) is 0 Å². The van der Waals surface area contributed by atoms with Gasteiger partial charge in [-0.15, -0.1) is 0 Å². The number of nitrogens with zero attached hydrogens (tertiary/aromatic N) is 2. The quantitative estimate of drug-likeness (QED) is 0.899. The van der Waals surface area contributed by atoms with Crippen LogP contribution in [0, 0.1) is 0 Å². The van der Waals surface area contributed by atoms with E-state index in [4.69, 9.17) is 5.73 Å². The first-order valence-corrected chi connectivity index (χ1v) is 8.41. The van der Waals surface area contributed by atoms with Crippen molar-refractivity contribution in [1.82, 2.24) is 9.80 Å². The molecular formula is C18H27N3O. The van der Waals surface area contributed by atoms with Gasteiger partial charge in [-0.3, -0.25) is 4.79 Å². The van der Waals surface area contributed by atoms with E-state index < -0.39 is 5.54 Å². The second-order valence-electron chi connectivity index (χ2n) is 6.90. The minimum absolute atomic E-state index is 0.141. The summed E-state index contributed by atoms with van der Waals surface area (Å²) in [5.41, 5.74) is 6.90. The van der Waals surface area contributed by atoms with Crippen LogP contribution in [-0.2, 0) is 11.2 Å². The Hall–Kier alpha value is -1.39. The van der Waals surface area contributed by atoms with Crippen molar-refractivity contribution in [3.63, 3.8) is 0 Å². The smallest absolute Gasteiger partial charge is 0.242 e. The van der Waals surface area contributed by atoms with Gasteiger partial charge in [0.2, 0.25) is 5.91 Å². The normalized spacial score (nSPS) is 24.0. The predicted molar refractivity (Wildman–Crippen MR) is 88.5 cm³/mol. The molecule has 1 aliphatic heterocycles. The average Bonchev–Trinajstić information content (AvgIpc) is 3.32. The van der Waals surface area contributed by atoms with Crippen molar-refractivity contribution in [3.8, 4) is 0 Å². The summed E-state index contributed by atoms with van der Waals surface area (Å²) in [6.45, 7) is 3.18. The Labute approximate surface area is 133 Å². The number of likely N-dealkylation sites (N-methyl/N-ethyl adjacent to an activating group) is 1. The Morgan fingerprint density at radius 1 is 1.36 bits per heavy atom. The molecule has 1 aliphatic carbocycles. The molecule has 2 N–H and O–H groups in total. The summed E-state index contributed by atoms with van der Waals surface area (Å²) in [7, 11) is 1.93. The van der Waals surface area contributed by atoms with Crippen LogP contribution < -0.4 is 5.73 Å². The summed E-state index contributed by atoms with van der Waals surface area (Å²) in [6, 6.07) is 10.9. The first-order valence-electron chi connectivity index (χ1n) is 8.41. The number of likely N-dealkylation sites (tertiary alicyclic amines) is 1. The third-order valence-corrected chi connectivity index (χ3v) is 5.12. The number of benzene rings is 1. The zero-order valence-corrected chi connectivity index (χ0v) is 13.5. The lowest BCUT2D eigenvalue weighted by Crippen LogP contribution is -2.53. The van der Waals surface area contributed by atoms with Crippen LogP contribution in [0.1, 0.15) is 31.2 Å². The number of hydrogen-bond donors (Lipinski definition) is 1. The number of rotatable bonds is 5. The van der Waals surface area contributed by atoms with Crippen molar-refractivity contribution in [1.29, 1.82) is 0 Å². The molecule has 4 heteroatoms. The Bertz CT molecular complexity index is 512. The van der Waals surface area contributed by atoms with E-state index in [0.29, 0.717) is 6.04 Å². The fraction of sp³-hybridized carbons (Fsp3) is 0.611. The molecule has 120 valence electrons. The van der Waals surface area contributed by atoms with E-state index in [1.165, 1.54) is 5.56 Å². The Morgan fingerprint density at radius 3 is 2.77 bits per heavy atom. The molecule has 1 aromatic rings. The van der Waals surface area contributed by atoms with Crippen LogP contribution in [0.25, 0.3) is 0 Å².